The summed E-state index contributed by atoms with van der Waals surface area (Å²) in [6.45, 7) is 6.24. The molecule has 1 aromatic rings. The summed E-state index contributed by atoms with van der Waals surface area (Å²) in [5, 5.41) is 12.4. The fraction of sp³-hybridized carbons (Fsp3) is 0.462. The molecule has 1 amide bonds. The van der Waals surface area contributed by atoms with Crippen LogP contribution in [0, 0.1) is 11.6 Å². The van der Waals surface area contributed by atoms with Crippen molar-refractivity contribution in [1.29, 1.82) is 0 Å². The lowest BCUT2D eigenvalue weighted by Gasteiger charge is -2.38. The summed E-state index contributed by atoms with van der Waals surface area (Å²) in [5.41, 5.74) is -2.57. The number of nitrogens with one attached hydrogen (secondary N) is 1. The predicted octanol–water partition coefficient (Wildman–Crippen LogP) is 2.24. The van der Waals surface area contributed by atoms with E-state index >= 15 is 0 Å². The van der Waals surface area contributed by atoms with Gasteiger partial charge in [-0.25, -0.2) is 8.78 Å². The highest BCUT2D eigenvalue weighted by Gasteiger charge is 2.36. The van der Waals surface area contributed by atoms with Gasteiger partial charge in [0.15, 0.2) is 0 Å². The molecule has 0 aliphatic rings. The fourth-order valence-electron chi connectivity index (χ4n) is 1.18. The Balaban J connectivity index is 3.00. The second-order valence-electron chi connectivity index (χ2n) is 5.26. The van der Waals surface area contributed by atoms with Crippen LogP contribution in [-0.2, 0) is 0 Å². The first kappa shape index (κ1) is 14.6. The van der Waals surface area contributed by atoms with Gasteiger partial charge in [-0.15, -0.1) is 0 Å². The van der Waals surface area contributed by atoms with Gasteiger partial charge in [0.05, 0.1) is 16.7 Å². The van der Waals surface area contributed by atoms with Crippen molar-refractivity contribution in [3.05, 3.63) is 35.4 Å². The Hall–Kier alpha value is -1.49. The topological polar surface area (TPSA) is 49.3 Å². The molecule has 2 N–H and O–H groups in total. The monoisotopic (exact) mass is 257 g/mol. The summed E-state index contributed by atoms with van der Waals surface area (Å²) in [5.74, 6) is -2.26. The highest BCUT2D eigenvalue weighted by Crippen LogP contribution is 2.21. The molecule has 0 bridgehead atoms. The molecule has 3 nitrogen and oxygen atoms in total. The molecule has 1 aromatic carbocycles. The van der Waals surface area contributed by atoms with Crippen LogP contribution in [0.4, 0.5) is 8.78 Å². The molecule has 0 saturated carbocycles. The van der Waals surface area contributed by atoms with Gasteiger partial charge in [0, 0.05) is 0 Å². The third-order valence-electron chi connectivity index (χ3n) is 3.13. The van der Waals surface area contributed by atoms with Crippen molar-refractivity contribution in [1.82, 2.24) is 5.32 Å². The highest BCUT2D eigenvalue weighted by atomic mass is 19.1. The molecule has 0 aliphatic heterocycles. The van der Waals surface area contributed by atoms with Gasteiger partial charge in [-0.1, -0.05) is 0 Å². The zero-order valence-electron chi connectivity index (χ0n) is 10.8. The summed E-state index contributed by atoms with van der Waals surface area (Å²) in [6, 6.07) is 2.65. The Kier molecular flexibility index (Phi) is 3.76. The van der Waals surface area contributed by atoms with Gasteiger partial charge < -0.3 is 10.4 Å². The quantitative estimate of drug-likeness (QED) is 0.872. The highest BCUT2D eigenvalue weighted by molar-refractivity contribution is 5.95. The van der Waals surface area contributed by atoms with Crippen LogP contribution < -0.4 is 5.32 Å². The normalized spacial score (nSPS) is 12.4. The Bertz CT molecular complexity index is 465. The molecule has 0 atom stereocenters. The molecular weight excluding hydrogens is 240 g/mol. The number of carbonyl (C=O) groups excluding carboxylic acids is 1. The average Bonchev–Trinajstić information content (AvgIpc) is 2.19. The van der Waals surface area contributed by atoms with E-state index in [1.165, 1.54) is 13.8 Å². The molecule has 0 unspecified atom stereocenters. The number of benzene rings is 1. The third-order valence-corrected chi connectivity index (χ3v) is 3.13. The lowest BCUT2D eigenvalue weighted by Crippen LogP contribution is -2.57. The van der Waals surface area contributed by atoms with Gasteiger partial charge >= 0.3 is 0 Å². The van der Waals surface area contributed by atoms with Crippen LogP contribution in [0.5, 0.6) is 0 Å². The number of hydrogen-bond acceptors (Lipinski definition) is 2. The number of carbonyl (C=O) groups is 1. The first-order chi connectivity index (χ1) is 8.04. The van der Waals surface area contributed by atoms with Crippen molar-refractivity contribution in [3.63, 3.8) is 0 Å². The lowest BCUT2D eigenvalue weighted by atomic mass is 9.85. The maximum Gasteiger partial charge on any atom is 0.254 e. The molecular formula is C13H17F2NO2. The van der Waals surface area contributed by atoms with Crippen LogP contribution in [0.25, 0.3) is 0 Å². The predicted molar refractivity (Wildman–Crippen MR) is 64.2 cm³/mol. The molecule has 0 radical (unpaired) electrons. The summed E-state index contributed by atoms with van der Waals surface area (Å²) < 4.78 is 26.4. The van der Waals surface area contributed by atoms with E-state index in [1.807, 2.05) is 0 Å². The third kappa shape index (κ3) is 3.04. The van der Waals surface area contributed by atoms with Crippen molar-refractivity contribution < 1.29 is 18.7 Å². The van der Waals surface area contributed by atoms with E-state index in [1.54, 1.807) is 13.8 Å². The Morgan fingerprint density at radius 1 is 1.22 bits per heavy atom. The number of aliphatic hydroxyl groups is 1. The molecule has 0 spiro atoms. The van der Waals surface area contributed by atoms with Gasteiger partial charge in [0.25, 0.3) is 5.91 Å². The molecule has 1 rings (SSSR count). The Labute approximate surface area is 105 Å². The van der Waals surface area contributed by atoms with Crippen LogP contribution >= 0.6 is 0 Å². The van der Waals surface area contributed by atoms with Crippen LogP contribution in [0.1, 0.15) is 38.1 Å². The van der Waals surface area contributed by atoms with Gasteiger partial charge in [0.1, 0.15) is 11.6 Å². The van der Waals surface area contributed by atoms with E-state index in [2.05, 4.69) is 5.32 Å². The van der Waals surface area contributed by atoms with Crippen molar-refractivity contribution in [2.24, 2.45) is 0 Å². The first-order valence-electron chi connectivity index (χ1n) is 5.54. The number of hydrogen-bond donors (Lipinski definition) is 2. The minimum absolute atomic E-state index is 0.382. The van der Waals surface area contributed by atoms with E-state index < -0.39 is 28.7 Å². The lowest BCUT2D eigenvalue weighted by molar-refractivity contribution is -0.00301. The minimum Gasteiger partial charge on any atom is -0.388 e. The van der Waals surface area contributed by atoms with Crippen molar-refractivity contribution >= 4 is 5.91 Å². The maximum atomic E-state index is 13.4. The maximum absolute atomic E-state index is 13.4. The second-order valence-corrected chi connectivity index (χ2v) is 5.26. The molecule has 0 aromatic heterocycles. The molecule has 5 heteroatoms. The Morgan fingerprint density at radius 3 is 2.28 bits per heavy atom. The second kappa shape index (κ2) is 4.65. The van der Waals surface area contributed by atoms with Crippen molar-refractivity contribution in [3.8, 4) is 0 Å². The van der Waals surface area contributed by atoms with E-state index in [4.69, 9.17) is 0 Å². The number of rotatable bonds is 3. The smallest absolute Gasteiger partial charge is 0.254 e. The minimum atomic E-state index is -1.20. The van der Waals surface area contributed by atoms with Crippen molar-refractivity contribution in [2.75, 3.05) is 0 Å². The fourth-order valence-corrected chi connectivity index (χ4v) is 1.18. The zero-order valence-corrected chi connectivity index (χ0v) is 10.8. The van der Waals surface area contributed by atoms with Crippen LogP contribution in [0.2, 0.25) is 0 Å². The molecule has 0 saturated heterocycles. The summed E-state index contributed by atoms with van der Waals surface area (Å²) in [7, 11) is 0. The van der Waals surface area contributed by atoms with Crippen LogP contribution in [0.15, 0.2) is 18.2 Å². The number of halogens is 2. The van der Waals surface area contributed by atoms with E-state index in [-0.39, 0.29) is 5.56 Å². The van der Waals surface area contributed by atoms with E-state index in [0.717, 1.165) is 18.2 Å². The van der Waals surface area contributed by atoms with E-state index in [0.29, 0.717) is 0 Å². The van der Waals surface area contributed by atoms with Crippen LogP contribution in [0.3, 0.4) is 0 Å². The zero-order chi connectivity index (χ0) is 14.1. The van der Waals surface area contributed by atoms with Crippen molar-refractivity contribution in [2.45, 2.75) is 38.8 Å². The van der Waals surface area contributed by atoms with Gasteiger partial charge in [-0.3, -0.25) is 4.79 Å². The van der Waals surface area contributed by atoms with Crippen LogP contribution in [-0.4, -0.2) is 22.2 Å². The van der Waals surface area contributed by atoms with Gasteiger partial charge in [-0.05, 0) is 45.9 Å². The summed E-state index contributed by atoms with van der Waals surface area (Å²) >= 11 is 0. The Morgan fingerprint density at radius 2 is 1.78 bits per heavy atom. The molecule has 100 valence electrons. The number of amides is 1. The largest absolute Gasteiger partial charge is 0.388 e. The standard InChI is InChI=1S/C13H17F2NO2/c1-12(2,13(3,4)18)16-11(17)9-7-8(14)5-6-10(9)15/h5-7,18H,1-4H3,(H,16,17). The first-order valence-corrected chi connectivity index (χ1v) is 5.54. The average molecular weight is 257 g/mol. The molecule has 0 fully saturated rings. The van der Waals surface area contributed by atoms with E-state index in [9.17, 15) is 18.7 Å². The SMILES string of the molecule is CC(C)(O)C(C)(C)NC(=O)c1cc(F)ccc1F. The molecule has 18 heavy (non-hydrogen) atoms. The summed E-state index contributed by atoms with van der Waals surface area (Å²) in [6.07, 6.45) is 0. The molecule has 0 heterocycles. The summed E-state index contributed by atoms with van der Waals surface area (Å²) in [4.78, 5) is 11.9. The van der Waals surface area contributed by atoms with Gasteiger partial charge in [-0.2, -0.15) is 0 Å². The molecule has 0 aliphatic carbocycles. The van der Waals surface area contributed by atoms with Gasteiger partial charge in [0.2, 0.25) is 0 Å².